The fourth-order valence-corrected chi connectivity index (χ4v) is 5.20. The first kappa shape index (κ1) is 31.5. The van der Waals surface area contributed by atoms with Gasteiger partial charge in [-0.15, -0.1) is 0 Å². The molecule has 202 valence electrons. The van der Waals surface area contributed by atoms with Crippen LogP contribution in [-0.4, -0.2) is 71.9 Å². The summed E-state index contributed by atoms with van der Waals surface area (Å²) >= 11 is 0. The molecule has 2 unspecified atom stereocenters. The molecule has 0 bridgehead atoms. The number of aliphatic hydroxyl groups excluding tert-OH is 1. The number of hydrogen-bond acceptors (Lipinski definition) is 7. The molecule has 1 aromatic rings. The second-order valence-electron chi connectivity index (χ2n) is 9.75. The molecule has 1 heterocycles. The van der Waals surface area contributed by atoms with Gasteiger partial charge in [0.1, 0.15) is 6.23 Å². The standard InChI is InChI=1S/C26H43N5O4S/c1-10-12-23(17-30(8)21(5)32)36(34,35)22(11-2)14-13-19(3)15-27-25(33)26(6,7)18-28-24-20(4)16-29-31(24)9/h11,13-14,16,18,21,23,32H,2,10,12,15,17H2,1,3-9H3,(H,27,33). The van der Waals surface area contributed by atoms with Gasteiger partial charge in [0.15, 0.2) is 15.7 Å². The van der Waals surface area contributed by atoms with E-state index in [0.29, 0.717) is 18.7 Å². The first-order chi connectivity index (χ1) is 16.7. The molecule has 2 atom stereocenters. The van der Waals surface area contributed by atoms with Crippen molar-refractivity contribution in [3.05, 3.63) is 47.0 Å². The average molecular weight is 522 g/mol. The molecule has 0 saturated heterocycles. The predicted octanol–water partition coefficient (Wildman–Crippen LogP) is 3.44. The van der Waals surface area contributed by atoms with Crippen LogP contribution in [0.4, 0.5) is 5.82 Å². The lowest BCUT2D eigenvalue weighted by Gasteiger charge is -2.26. The first-order valence-corrected chi connectivity index (χ1v) is 13.7. The molecule has 1 aromatic heterocycles. The van der Waals surface area contributed by atoms with Gasteiger partial charge < -0.3 is 10.4 Å². The van der Waals surface area contributed by atoms with E-state index in [1.54, 1.807) is 62.9 Å². The highest BCUT2D eigenvalue weighted by Gasteiger charge is 2.29. The number of nitrogens with one attached hydrogen (secondary N) is 1. The summed E-state index contributed by atoms with van der Waals surface area (Å²) in [5.41, 5.74) is 0.842. The van der Waals surface area contributed by atoms with E-state index in [1.807, 2.05) is 20.8 Å². The summed E-state index contributed by atoms with van der Waals surface area (Å²) in [6.45, 7) is 15.0. The first-order valence-electron chi connectivity index (χ1n) is 12.1. The summed E-state index contributed by atoms with van der Waals surface area (Å²) in [4.78, 5) is 18.9. The SMILES string of the molecule is C=CC(=CC=C(C)CNC(=O)C(C)(C)C=Nc1c(C)cnn1C)S(=O)(=O)C(CCC)CN(C)C(C)O. The Balaban J connectivity index is 2.95. The maximum Gasteiger partial charge on any atom is 0.231 e. The lowest BCUT2D eigenvalue weighted by Crippen LogP contribution is -2.39. The molecule has 0 radical (unpaired) electrons. The van der Waals surface area contributed by atoms with Crippen molar-refractivity contribution in [2.45, 2.75) is 65.9 Å². The Morgan fingerprint density at radius 3 is 2.53 bits per heavy atom. The Labute approximate surface area is 216 Å². The lowest BCUT2D eigenvalue weighted by atomic mass is 9.94. The van der Waals surface area contributed by atoms with E-state index in [-0.39, 0.29) is 23.9 Å². The van der Waals surface area contributed by atoms with Crippen molar-refractivity contribution in [3.8, 4) is 0 Å². The normalized spacial score (nSPS) is 15.4. The second-order valence-corrected chi connectivity index (χ2v) is 12.0. The minimum absolute atomic E-state index is 0.115. The van der Waals surface area contributed by atoms with E-state index in [1.165, 1.54) is 12.2 Å². The molecule has 0 aliphatic carbocycles. The van der Waals surface area contributed by atoms with Crippen LogP contribution in [0, 0.1) is 12.3 Å². The zero-order valence-corrected chi connectivity index (χ0v) is 23.8. The molecule has 0 fully saturated rings. The third-order valence-corrected chi connectivity index (χ3v) is 8.17. The fraction of sp³-hybridized carbons (Fsp3) is 0.577. The van der Waals surface area contributed by atoms with E-state index >= 15 is 0 Å². The zero-order chi connectivity index (χ0) is 27.7. The van der Waals surface area contributed by atoms with Crippen molar-refractivity contribution in [1.82, 2.24) is 20.0 Å². The van der Waals surface area contributed by atoms with Crippen LogP contribution in [0.3, 0.4) is 0 Å². The van der Waals surface area contributed by atoms with Crippen molar-refractivity contribution in [2.24, 2.45) is 17.5 Å². The van der Waals surface area contributed by atoms with Gasteiger partial charge in [0, 0.05) is 31.9 Å². The Bertz CT molecular complexity index is 1080. The van der Waals surface area contributed by atoms with Crippen LogP contribution in [0.1, 0.15) is 53.0 Å². The Morgan fingerprint density at radius 2 is 2.03 bits per heavy atom. The van der Waals surface area contributed by atoms with Gasteiger partial charge in [0.2, 0.25) is 5.91 Å². The Morgan fingerprint density at radius 1 is 1.39 bits per heavy atom. The smallest absolute Gasteiger partial charge is 0.231 e. The van der Waals surface area contributed by atoms with E-state index < -0.39 is 26.7 Å². The largest absolute Gasteiger partial charge is 0.379 e. The van der Waals surface area contributed by atoms with Crippen molar-refractivity contribution in [2.75, 3.05) is 20.1 Å². The quantitative estimate of drug-likeness (QED) is 0.220. The number of rotatable bonds is 14. The molecule has 9 nitrogen and oxygen atoms in total. The fourth-order valence-electron chi connectivity index (χ4n) is 3.35. The van der Waals surface area contributed by atoms with E-state index in [4.69, 9.17) is 0 Å². The van der Waals surface area contributed by atoms with Crippen LogP contribution < -0.4 is 5.32 Å². The molecule has 0 aliphatic heterocycles. The van der Waals surface area contributed by atoms with E-state index in [2.05, 4.69) is 22.0 Å². The summed E-state index contributed by atoms with van der Waals surface area (Å²) < 4.78 is 28.2. The third kappa shape index (κ3) is 8.83. The number of aromatic nitrogens is 2. The lowest BCUT2D eigenvalue weighted by molar-refractivity contribution is -0.125. The Kier molecular flexibility index (Phi) is 11.9. The van der Waals surface area contributed by atoms with Gasteiger partial charge in [-0.1, -0.05) is 37.6 Å². The highest BCUT2D eigenvalue weighted by atomic mass is 32.2. The van der Waals surface area contributed by atoms with Gasteiger partial charge >= 0.3 is 0 Å². The van der Waals surface area contributed by atoms with Gasteiger partial charge in [-0.2, -0.15) is 5.10 Å². The minimum Gasteiger partial charge on any atom is -0.379 e. The number of allylic oxidation sites excluding steroid dienone is 3. The number of carbonyl (C=O) groups is 1. The van der Waals surface area contributed by atoms with Gasteiger partial charge in [-0.05, 0) is 54.2 Å². The number of carbonyl (C=O) groups excluding carboxylic acids is 1. The zero-order valence-electron chi connectivity index (χ0n) is 22.9. The molecule has 0 saturated carbocycles. The highest BCUT2D eigenvalue weighted by Crippen LogP contribution is 2.22. The van der Waals surface area contributed by atoms with Crippen molar-refractivity contribution < 1.29 is 18.3 Å². The molecule has 0 aromatic carbocycles. The van der Waals surface area contributed by atoms with Crippen LogP contribution in [-0.2, 0) is 21.7 Å². The topological polar surface area (TPSA) is 117 Å². The molecule has 0 spiro atoms. The van der Waals surface area contributed by atoms with Gasteiger partial charge in [0.25, 0.3) is 0 Å². The number of hydrogen-bond donors (Lipinski definition) is 2. The summed E-state index contributed by atoms with van der Waals surface area (Å²) in [5.74, 6) is 0.486. The van der Waals surface area contributed by atoms with Gasteiger partial charge in [-0.3, -0.25) is 14.4 Å². The molecule has 1 rings (SSSR count). The monoisotopic (exact) mass is 521 g/mol. The number of sulfone groups is 1. The maximum absolute atomic E-state index is 13.3. The number of aliphatic imine (C=N–C) groups is 1. The molecular formula is C26H43N5O4S. The summed E-state index contributed by atoms with van der Waals surface area (Å²) in [5, 5.41) is 16.2. The summed E-state index contributed by atoms with van der Waals surface area (Å²) in [6.07, 6.45) is 8.27. The van der Waals surface area contributed by atoms with Crippen molar-refractivity contribution in [1.29, 1.82) is 0 Å². The molecule has 0 aliphatic rings. The minimum atomic E-state index is -3.66. The molecule has 10 heteroatoms. The third-order valence-electron chi connectivity index (χ3n) is 5.95. The number of aliphatic hydroxyl groups is 1. The number of amides is 1. The van der Waals surface area contributed by atoms with Crippen LogP contribution in [0.25, 0.3) is 0 Å². The summed E-state index contributed by atoms with van der Waals surface area (Å²) in [7, 11) is -0.171. The van der Waals surface area contributed by atoms with Gasteiger partial charge in [0.05, 0.1) is 21.8 Å². The Hall–Kier alpha value is -2.56. The van der Waals surface area contributed by atoms with E-state index in [0.717, 1.165) is 11.1 Å². The highest BCUT2D eigenvalue weighted by molar-refractivity contribution is 7.96. The van der Waals surface area contributed by atoms with Crippen molar-refractivity contribution in [3.63, 3.8) is 0 Å². The average Bonchev–Trinajstić information content (AvgIpc) is 3.12. The second kappa shape index (κ2) is 13.7. The van der Waals surface area contributed by atoms with Crippen LogP contribution in [0.2, 0.25) is 0 Å². The van der Waals surface area contributed by atoms with Crippen LogP contribution in [0.5, 0.6) is 0 Å². The van der Waals surface area contributed by atoms with E-state index in [9.17, 15) is 18.3 Å². The summed E-state index contributed by atoms with van der Waals surface area (Å²) in [6, 6.07) is 0. The maximum atomic E-state index is 13.3. The van der Waals surface area contributed by atoms with Crippen molar-refractivity contribution >= 4 is 27.8 Å². The molecule has 36 heavy (non-hydrogen) atoms. The van der Waals surface area contributed by atoms with Crippen LogP contribution in [0.15, 0.2) is 46.5 Å². The molecular weight excluding hydrogens is 478 g/mol. The van der Waals surface area contributed by atoms with Gasteiger partial charge in [-0.25, -0.2) is 13.4 Å². The molecule has 2 N–H and O–H groups in total. The predicted molar refractivity (Wildman–Crippen MR) is 147 cm³/mol. The molecule has 1 amide bonds. The number of nitrogens with zero attached hydrogens (tertiary/aromatic N) is 4. The number of aryl methyl sites for hydroxylation is 2. The van der Waals surface area contributed by atoms with Crippen LogP contribution >= 0.6 is 0 Å².